The van der Waals surface area contributed by atoms with Crippen LogP contribution in [0.15, 0.2) is 54.9 Å². The number of benzene rings is 2. The van der Waals surface area contributed by atoms with Gasteiger partial charge in [0.1, 0.15) is 18.0 Å². The van der Waals surface area contributed by atoms with Crippen molar-refractivity contribution in [1.82, 2.24) is 9.97 Å². The Morgan fingerprint density at radius 1 is 0.889 bits per heavy atom. The van der Waals surface area contributed by atoms with Crippen LogP contribution < -0.4 is 5.32 Å². The molecule has 0 bridgehead atoms. The average molecular weight is 239 g/mol. The van der Waals surface area contributed by atoms with Gasteiger partial charge < -0.3 is 5.32 Å². The minimum Gasteiger partial charge on any atom is -0.337 e. The van der Waals surface area contributed by atoms with Gasteiger partial charge in [0.05, 0.1) is 11.2 Å². The van der Waals surface area contributed by atoms with Gasteiger partial charge in [0.15, 0.2) is 0 Å². The van der Waals surface area contributed by atoms with Gasteiger partial charge in [0, 0.05) is 5.39 Å². The van der Waals surface area contributed by atoms with E-state index in [-0.39, 0.29) is 5.82 Å². The summed E-state index contributed by atoms with van der Waals surface area (Å²) in [6, 6.07) is 14.1. The van der Waals surface area contributed by atoms with Crippen LogP contribution in [0.2, 0.25) is 0 Å². The summed E-state index contributed by atoms with van der Waals surface area (Å²) in [7, 11) is 0. The number of nitrogens with one attached hydrogen (secondary N) is 1. The minimum absolute atomic E-state index is 0.305. The van der Waals surface area contributed by atoms with Gasteiger partial charge in [-0.3, -0.25) is 0 Å². The Balaban J connectivity index is 2.08. The number of nitrogens with zero attached hydrogens (tertiary/aromatic N) is 2. The number of rotatable bonds is 2. The van der Waals surface area contributed by atoms with E-state index in [9.17, 15) is 4.39 Å². The zero-order valence-corrected chi connectivity index (χ0v) is 9.47. The molecule has 1 N–H and O–H groups in total. The van der Waals surface area contributed by atoms with E-state index in [4.69, 9.17) is 0 Å². The van der Waals surface area contributed by atoms with Crippen LogP contribution in [0.25, 0.3) is 10.9 Å². The van der Waals surface area contributed by atoms with Crippen molar-refractivity contribution in [2.45, 2.75) is 0 Å². The molecule has 3 rings (SSSR count). The Morgan fingerprint density at radius 2 is 1.67 bits per heavy atom. The van der Waals surface area contributed by atoms with E-state index in [0.29, 0.717) is 11.5 Å². The van der Waals surface area contributed by atoms with Crippen molar-refractivity contribution >= 4 is 22.4 Å². The molecule has 0 amide bonds. The summed E-state index contributed by atoms with van der Waals surface area (Å²) in [6.07, 6.45) is 1.46. The quantitative estimate of drug-likeness (QED) is 0.743. The molecule has 0 unspecified atom stereocenters. The van der Waals surface area contributed by atoms with Crippen LogP contribution in [0.5, 0.6) is 0 Å². The third-order valence-corrected chi connectivity index (χ3v) is 2.67. The summed E-state index contributed by atoms with van der Waals surface area (Å²) in [5.74, 6) is 0.297. The van der Waals surface area contributed by atoms with Crippen molar-refractivity contribution in [3.05, 3.63) is 60.7 Å². The number of hydrogen-bond donors (Lipinski definition) is 1. The molecule has 2 aromatic carbocycles. The van der Waals surface area contributed by atoms with Gasteiger partial charge in [-0.15, -0.1) is 0 Å². The summed E-state index contributed by atoms with van der Waals surface area (Å²) in [5, 5.41) is 3.85. The monoisotopic (exact) mass is 239 g/mol. The van der Waals surface area contributed by atoms with Crippen molar-refractivity contribution in [3.8, 4) is 0 Å². The molecule has 4 heteroatoms. The molecule has 0 radical (unpaired) electrons. The Hall–Kier alpha value is -2.49. The number of aromatic nitrogens is 2. The Morgan fingerprint density at radius 3 is 2.56 bits per heavy atom. The minimum atomic E-state index is -0.305. The van der Waals surface area contributed by atoms with Gasteiger partial charge in [0.2, 0.25) is 0 Å². The van der Waals surface area contributed by atoms with Crippen molar-refractivity contribution < 1.29 is 4.39 Å². The molecule has 0 saturated heterocycles. The van der Waals surface area contributed by atoms with E-state index in [1.165, 1.54) is 12.4 Å². The number of halogens is 1. The van der Waals surface area contributed by atoms with Crippen LogP contribution >= 0.6 is 0 Å². The highest BCUT2D eigenvalue weighted by Crippen LogP contribution is 2.23. The number of anilines is 2. The predicted octanol–water partition coefficient (Wildman–Crippen LogP) is 3.51. The molecule has 0 atom stereocenters. The van der Waals surface area contributed by atoms with Crippen LogP contribution in [0.4, 0.5) is 15.9 Å². The topological polar surface area (TPSA) is 37.8 Å². The van der Waals surface area contributed by atoms with E-state index in [0.717, 1.165) is 10.9 Å². The molecule has 0 aliphatic carbocycles. The van der Waals surface area contributed by atoms with Gasteiger partial charge in [0.25, 0.3) is 0 Å². The molecular weight excluding hydrogens is 229 g/mol. The zero-order valence-electron chi connectivity index (χ0n) is 9.47. The maximum Gasteiger partial charge on any atom is 0.146 e. The molecule has 0 aliphatic heterocycles. The SMILES string of the molecule is Fc1ccccc1Nc1ncnc2ccccc12. The van der Waals surface area contributed by atoms with Gasteiger partial charge in [-0.2, -0.15) is 0 Å². The molecule has 0 aliphatic rings. The van der Waals surface area contributed by atoms with Gasteiger partial charge in [-0.05, 0) is 24.3 Å². The van der Waals surface area contributed by atoms with E-state index in [2.05, 4.69) is 15.3 Å². The summed E-state index contributed by atoms with van der Waals surface area (Å²) in [5.41, 5.74) is 1.23. The lowest BCUT2D eigenvalue weighted by molar-refractivity contribution is 0.632. The third-order valence-electron chi connectivity index (χ3n) is 2.67. The third kappa shape index (κ3) is 1.88. The molecule has 1 aromatic heterocycles. The van der Waals surface area contributed by atoms with Crippen molar-refractivity contribution in [1.29, 1.82) is 0 Å². The first kappa shape index (κ1) is 10.7. The van der Waals surface area contributed by atoms with Gasteiger partial charge >= 0.3 is 0 Å². The average Bonchev–Trinajstić information content (AvgIpc) is 2.42. The fraction of sp³-hybridized carbons (Fsp3) is 0. The first-order valence-corrected chi connectivity index (χ1v) is 5.56. The molecule has 88 valence electrons. The molecule has 0 saturated carbocycles. The molecular formula is C14H10FN3. The van der Waals surface area contributed by atoms with Crippen molar-refractivity contribution in [2.75, 3.05) is 5.32 Å². The highest BCUT2D eigenvalue weighted by atomic mass is 19.1. The van der Waals surface area contributed by atoms with E-state index in [1.807, 2.05) is 24.3 Å². The number of para-hydroxylation sites is 2. The summed E-state index contributed by atoms with van der Waals surface area (Å²) in [6.45, 7) is 0. The smallest absolute Gasteiger partial charge is 0.146 e. The van der Waals surface area contributed by atoms with Crippen molar-refractivity contribution in [2.24, 2.45) is 0 Å². The molecule has 18 heavy (non-hydrogen) atoms. The fourth-order valence-electron chi connectivity index (χ4n) is 1.79. The molecule has 3 aromatic rings. The second kappa shape index (κ2) is 4.41. The van der Waals surface area contributed by atoms with Crippen LogP contribution in [-0.4, -0.2) is 9.97 Å². The maximum absolute atomic E-state index is 13.6. The highest BCUT2D eigenvalue weighted by Gasteiger charge is 2.05. The lowest BCUT2D eigenvalue weighted by atomic mass is 10.2. The van der Waals surface area contributed by atoms with Crippen molar-refractivity contribution in [3.63, 3.8) is 0 Å². The largest absolute Gasteiger partial charge is 0.337 e. The van der Waals surface area contributed by atoms with Gasteiger partial charge in [-0.25, -0.2) is 14.4 Å². The summed E-state index contributed by atoms with van der Waals surface area (Å²) in [4.78, 5) is 8.32. The van der Waals surface area contributed by atoms with Crippen LogP contribution in [0.3, 0.4) is 0 Å². The normalized spacial score (nSPS) is 10.5. The zero-order chi connectivity index (χ0) is 12.4. The van der Waals surface area contributed by atoms with Crippen LogP contribution in [-0.2, 0) is 0 Å². The molecule has 0 spiro atoms. The number of fused-ring (bicyclic) bond motifs is 1. The first-order valence-electron chi connectivity index (χ1n) is 5.56. The number of hydrogen-bond acceptors (Lipinski definition) is 3. The molecule has 1 heterocycles. The van der Waals surface area contributed by atoms with E-state index in [1.54, 1.807) is 18.2 Å². The van der Waals surface area contributed by atoms with E-state index < -0.39 is 0 Å². The van der Waals surface area contributed by atoms with Crippen LogP contribution in [0, 0.1) is 5.82 Å². The second-order valence-electron chi connectivity index (χ2n) is 3.84. The fourth-order valence-corrected chi connectivity index (χ4v) is 1.79. The standard InChI is InChI=1S/C14H10FN3/c15-11-6-2-4-8-13(11)18-14-10-5-1-3-7-12(10)16-9-17-14/h1-9H,(H,16,17,18). The molecule has 0 fully saturated rings. The lowest BCUT2D eigenvalue weighted by Crippen LogP contribution is -1.97. The Kier molecular flexibility index (Phi) is 2.61. The Labute approximate surface area is 103 Å². The van der Waals surface area contributed by atoms with E-state index >= 15 is 0 Å². The highest BCUT2D eigenvalue weighted by molar-refractivity contribution is 5.90. The second-order valence-corrected chi connectivity index (χ2v) is 3.84. The lowest BCUT2D eigenvalue weighted by Gasteiger charge is -2.08. The van der Waals surface area contributed by atoms with Gasteiger partial charge in [-0.1, -0.05) is 24.3 Å². The maximum atomic E-state index is 13.6. The first-order chi connectivity index (χ1) is 8.84. The summed E-state index contributed by atoms with van der Waals surface area (Å²) < 4.78 is 13.6. The van der Waals surface area contributed by atoms with Crippen LogP contribution in [0.1, 0.15) is 0 Å². The predicted molar refractivity (Wildman–Crippen MR) is 69.2 cm³/mol. The molecule has 3 nitrogen and oxygen atoms in total. The Bertz CT molecular complexity index is 692. The summed E-state index contributed by atoms with van der Waals surface area (Å²) >= 11 is 0.